The van der Waals surface area contributed by atoms with E-state index in [1.54, 1.807) is 12.1 Å². The number of primary amides is 1. The minimum atomic E-state index is -0.856. The Balaban J connectivity index is 1.54. The molecule has 0 unspecified atom stereocenters. The Kier molecular flexibility index (Phi) is 5.75. The fourth-order valence-corrected chi connectivity index (χ4v) is 3.18. The average molecular weight is 374 g/mol. The second-order valence-electron chi connectivity index (χ2n) is 6.54. The molecule has 0 atom stereocenters. The van der Waals surface area contributed by atoms with E-state index in [1.165, 1.54) is 18.3 Å². The van der Waals surface area contributed by atoms with Gasteiger partial charge >= 0.3 is 0 Å². The number of rotatable bonds is 5. The highest BCUT2D eigenvalue weighted by Crippen LogP contribution is 2.16. The van der Waals surface area contributed by atoms with Crippen LogP contribution in [0, 0.1) is 11.6 Å². The Hall–Kier alpha value is -2.87. The number of nitrogens with one attached hydrogen (secondary N) is 1. The van der Waals surface area contributed by atoms with Gasteiger partial charge in [-0.05, 0) is 42.7 Å². The van der Waals surface area contributed by atoms with Crippen molar-refractivity contribution in [3.8, 4) is 0 Å². The summed E-state index contributed by atoms with van der Waals surface area (Å²) in [7, 11) is 0. The number of hydrogen-bond acceptors (Lipinski definition) is 4. The molecule has 0 bridgehead atoms. The largest absolute Gasteiger partial charge is 0.364 e. The van der Waals surface area contributed by atoms with Crippen LogP contribution in [-0.4, -0.2) is 40.8 Å². The fraction of sp³-hybridized carbons (Fsp3) is 0.316. The molecular formula is C19H20F2N4O2. The molecule has 3 N–H and O–H groups in total. The van der Waals surface area contributed by atoms with Gasteiger partial charge in [0.2, 0.25) is 0 Å². The van der Waals surface area contributed by atoms with Crippen LogP contribution in [0.2, 0.25) is 0 Å². The number of halogens is 2. The summed E-state index contributed by atoms with van der Waals surface area (Å²) in [6, 6.07) is 6.95. The second kappa shape index (κ2) is 8.22. The van der Waals surface area contributed by atoms with E-state index in [1.807, 2.05) is 0 Å². The van der Waals surface area contributed by atoms with E-state index in [4.69, 9.17) is 5.73 Å². The zero-order valence-corrected chi connectivity index (χ0v) is 14.6. The third-order valence-electron chi connectivity index (χ3n) is 4.60. The van der Waals surface area contributed by atoms with E-state index in [-0.39, 0.29) is 23.2 Å². The molecule has 0 saturated carbocycles. The standard InChI is InChI=1S/C19H20F2N4O2/c20-15-4-3-12(10-16(15)21)11-25-8-5-13(6-9-25)24-19(27)14-2-1-7-23-17(14)18(22)26/h1-4,7,10,13H,5-6,8-9,11H2,(H2,22,26)(H,24,27). The van der Waals surface area contributed by atoms with Crippen molar-refractivity contribution in [1.29, 1.82) is 0 Å². The van der Waals surface area contributed by atoms with Crippen molar-refractivity contribution in [2.75, 3.05) is 13.1 Å². The lowest BCUT2D eigenvalue weighted by atomic mass is 10.0. The van der Waals surface area contributed by atoms with Crippen molar-refractivity contribution < 1.29 is 18.4 Å². The minimum absolute atomic E-state index is 0.0420. The Morgan fingerprint density at radius 2 is 1.93 bits per heavy atom. The minimum Gasteiger partial charge on any atom is -0.364 e. The fourth-order valence-electron chi connectivity index (χ4n) is 3.18. The predicted molar refractivity (Wildman–Crippen MR) is 94.9 cm³/mol. The number of aromatic nitrogens is 1. The summed E-state index contributed by atoms with van der Waals surface area (Å²) in [4.78, 5) is 29.8. The molecule has 1 aromatic carbocycles. The lowest BCUT2D eigenvalue weighted by molar-refractivity contribution is 0.0896. The first-order valence-corrected chi connectivity index (χ1v) is 8.66. The number of carbonyl (C=O) groups is 2. The lowest BCUT2D eigenvalue weighted by Crippen LogP contribution is -2.44. The van der Waals surface area contributed by atoms with E-state index in [2.05, 4.69) is 15.2 Å². The van der Waals surface area contributed by atoms with Gasteiger partial charge in [0.25, 0.3) is 11.8 Å². The summed E-state index contributed by atoms with van der Waals surface area (Å²) >= 11 is 0. The topological polar surface area (TPSA) is 88.3 Å². The maximum Gasteiger partial charge on any atom is 0.268 e. The Bertz CT molecular complexity index is 851. The van der Waals surface area contributed by atoms with Crippen LogP contribution in [0.1, 0.15) is 39.3 Å². The van der Waals surface area contributed by atoms with E-state index in [0.29, 0.717) is 38.0 Å². The van der Waals surface area contributed by atoms with Crippen molar-refractivity contribution in [2.24, 2.45) is 5.73 Å². The van der Waals surface area contributed by atoms with Gasteiger partial charge in [-0.2, -0.15) is 0 Å². The van der Waals surface area contributed by atoms with Gasteiger partial charge in [-0.3, -0.25) is 19.5 Å². The summed E-state index contributed by atoms with van der Waals surface area (Å²) in [5.74, 6) is -2.83. The van der Waals surface area contributed by atoms with Gasteiger partial charge < -0.3 is 11.1 Å². The lowest BCUT2D eigenvalue weighted by Gasteiger charge is -2.32. The number of piperidine rings is 1. The van der Waals surface area contributed by atoms with Crippen LogP contribution in [0.25, 0.3) is 0 Å². The summed E-state index contributed by atoms with van der Waals surface area (Å²) in [5, 5.41) is 2.91. The van der Waals surface area contributed by atoms with E-state index < -0.39 is 17.5 Å². The molecule has 2 heterocycles. The number of benzene rings is 1. The van der Waals surface area contributed by atoms with Crippen LogP contribution < -0.4 is 11.1 Å². The van der Waals surface area contributed by atoms with Crippen LogP contribution in [0.3, 0.4) is 0 Å². The molecule has 27 heavy (non-hydrogen) atoms. The third-order valence-corrected chi connectivity index (χ3v) is 4.60. The van der Waals surface area contributed by atoms with Crippen molar-refractivity contribution in [1.82, 2.24) is 15.2 Å². The monoisotopic (exact) mass is 374 g/mol. The first kappa shape index (κ1) is 18.9. The zero-order valence-electron chi connectivity index (χ0n) is 14.6. The first-order chi connectivity index (χ1) is 12.9. The summed E-state index contributed by atoms with van der Waals surface area (Å²) < 4.78 is 26.3. The number of hydrogen-bond donors (Lipinski definition) is 2. The molecule has 0 aliphatic carbocycles. The highest BCUT2D eigenvalue weighted by molar-refractivity contribution is 6.05. The predicted octanol–water partition coefficient (Wildman–Crippen LogP) is 1.85. The van der Waals surface area contributed by atoms with Crippen LogP contribution in [0.15, 0.2) is 36.5 Å². The number of amides is 2. The van der Waals surface area contributed by atoms with Crippen molar-refractivity contribution in [2.45, 2.75) is 25.4 Å². The van der Waals surface area contributed by atoms with E-state index in [0.717, 1.165) is 6.07 Å². The van der Waals surface area contributed by atoms with Crippen LogP contribution >= 0.6 is 0 Å². The maximum absolute atomic E-state index is 13.3. The number of pyridine rings is 1. The Morgan fingerprint density at radius 1 is 1.19 bits per heavy atom. The van der Waals surface area contributed by atoms with Gasteiger partial charge in [0.15, 0.2) is 11.6 Å². The molecule has 1 aliphatic rings. The number of carbonyl (C=O) groups excluding carboxylic acids is 2. The molecular weight excluding hydrogens is 354 g/mol. The van der Waals surface area contributed by atoms with Gasteiger partial charge in [0.1, 0.15) is 5.69 Å². The van der Waals surface area contributed by atoms with Gasteiger partial charge in [-0.25, -0.2) is 8.78 Å². The molecule has 0 radical (unpaired) electrons. The highest BCUT2D eigenvalue weighted by atomic mass is 19.2. The molecule has 8 heteroatoms. The molecule has 1 aliphatic heterocycles. The van der Waals surface area contributed by atoms with Gasteiger partial charge in [-0.15, -0.1) is 0 Å². The molecule has 1 fully saturated rings. The van der Waals surface area contributed by atoms with Crippen LogP contribution in [0.5, 0.6) is 0 Å². The normalized spacial score (nSPS) is 15.5. The zero-order chi connectivity index (χ0) is 19.4. The molecule has 2 aromatic rings. The smallest absolute Gasteiger partial charge is 0.268 e. The summed E-state index contributed by atoms with van der Waals surface area (Å²) in [5.41, 5.74) is 6.08. The van der Waals surface area contributed by atoms with Crippen molar-refractivity contribution in [3.63, 3.8) is 0 Å². The summed E-state index contributed by atoms with van der Waals surface area (Å²) in [6.07, 6.45) is 2.83. The third kappa shape index (κ3) is 4.65. The molecule has 2 amide bonds. The molecule has 6 nitrogen and oxygen atoms in total. The summed E-state index contributed by atoms with van der Waals surface area (Å²) in [6.45, 7) is 1.94. The van der Waals surface area contributed by atoms with Crippen LogP contribution in [-0.2, 0) is 6.54 Å². The first-order valence-electron chi connectivity index (χ1n) is 8.66. The van der Waals surface area contributed by atoms with E-state index >= 15 is 0 Å². The highest BCUT2D eigenvalue weighted by Gasteiger charge is 2.23. The van der Waals surface area contributed by atoms with Crippen LogP contribution in [0.4, 0.5) is 8.78 Å². The quantitative estimate of drug-likeness (QED) is 0.836. The maximum atomic E-state index is 13.3. The van der Waals surface area contributed by atoms with Crippen molar-refractivity contribution in [3.05, 3.63) is 65.0 Å². The molecule has 0 spiro atoms. The Labute approximate surface area is 155 Å². The van der Waals surface area contributed by atoms with Gasteiger partial charge in [-0.1, -0.05) is 6.07 Å². The Morgan fingerprint density at radius 3 is 2.59 bits per heavy atom. The van der Waals surface area contributed by atoms with Crippen molar-refractivity contribution >= 4 is 11.8 Å². The van der Waals surface area contributed by atoms with Gasteiger partial charge in [0.05, 0.1) is 5.56 Å². The SMILES string of the molecule is NC(=O)c1ncccc1C(=O)NC1CCN(Cc2ccc(F)c(F)c2)CC1. The molecule has 1 aromatic heterocycles. The molecule has 3 rings (SSSR count). The number of likely N-dealkylation sites (tertiary alicyclic amines) is 1. The van der Waals surface area contributed by atoms with Gasteiger partial charge in [0, 0.05) is 31.9 Å². The van der Waals surface area contributed by atoms with E-state index in [9.17, 15) is 18.4 Å². The number of nitrogens with two attached hydrogens (primary N) is 1. The second-order valence-corrected chi connectivity index (χ2v) is 6.54. The molecule has 142 valence electrons. The molecule has 1 saturated heterocycles. The average Bonchev–Trinajstić information content (AvgIpc) is 2.66. The number of nitrogens with zero attached hydrogens (tertiary/aromatic N) is 2.